The van der Waals surface area contributed by atoms with Gasteiger partial charge in [-0.15, -0.1) is 0 Å². The number of aromatic amines is 1. The summed E-state index contributed by atoms with van der Waals surface area (Å²) in [5.74, 6) is 0.209. The summed E-state index contributed by atoms with van der Waals surface area (Å²) in [6.45, 7) is 4.03. The highest BCUT2D eigenvalue weighted by molar-refractivity contribution is 7.99. The average molecular weight is 411 g/mol. The Labute approximate surface area is 171 Å². The summed E-state index contributed by atoms with van der Waals surface area (Å²) < 4.78 is 5.23. The summed E-state index contributed by atoms with van der Waals surface area (Å²) in [6, 6.07) is 4.79. The van der Waals surface area contributed by atoms with Crippen molar-refractivity contribution in [2.45, 2.75) is 43.5 Å². The number of aromatic nitrogens is 3. The largest absolute Gasteiger partial charge is 0.504 e. The van der Waals surface area contributed by atoms with Crippen molar-refractivity contribution >= 4 is 28.6 Å². The molecule has 1 aliphatic carbocycles. The number of ether oxygens (including phenoxy) is 1. The van der Waals surface area contributed by atoms with Gasteiger partial charge in [-0.3, -0.25) is 9.59 Å². The number of carbonyl (C=O) groups is 1. The molecule has 7 nitrogen and oxygen atoms in total. The van der Waals surface area contributed by atoms with E-state index >= 15 is 0 Å². The first kappa shape index (κ1) is 19.4. The van der Waals surface area contributed by atoms with E-state index in [4.69, 9.17) is 4.74 Å². The Balaban J connectivity index is 2.09. The monoisotopic (exact) mass is 411 g/mol. The van der Waals surface area contributed by atoms with Crippen LogP contribution in [0.1, 0.15) is 42.7 Å². The third-order valence-corrected chi connectivity index (χ3v) is 5.71. The predicted octanol–water partition coefficient (Wildman–Crippen LogP) is 3.72. The van der Waals surface area contributed by atoms with Crippen LogP contribution in [-0.2, 0) is 6.42 Å². The molecule has 0 atom stereocenters. The third-order valence-electron chi connectivity index (χ3n) is 4.82. The highest BCUT2D eigenvalue weighted by Crippen LogP contribution is 2.38. The average Bonchev–Trinajstić information content (AvgIpc) is 2.66. The lowest BCUT2D eigenvalue weighted by molar-refractivity contribution is 0.0972. The molecule has 0 spiro atoms. The van der Waals surface area contributed by atoms with Gasteiger partial charge in [-0.25, -0.2) is 9.97 Å². The van der Waals surface area contributed by atoms with Crippen LogP contribution in [-0.4, -0.2) is 38.2 Å². The number of benzene rings is 1. The fourth-order valence-corrected chi connectivity index (χ4v) is 4.36. The minimum absolute atomic E-state index is 0.0162. The van der Waals surface area contributed by atoms with Crippen LogP contribution in [0.15, 0.2) is 28.2 Å². The number of hydrogen-bond donors (Lipinski definition) is 2. The van der Waals surface area contributed by atoms with Crippen molar-refractivity contribution in [2.75, 3.05) is 7.11 Å². The van der Waals surface area contributed by atoms with Crippen LogP contribution in [0.4, 0.5) is 0 Å². The van der Waals surface area contributed by atoms with E-state index in [1.807, 2.05) is 13.8 Å². The van der Waals surface area contributed by atoms with Gasteiger partial charge in [0.2, 0.25) is 0 Å². The van der Waals surface area contributed by atoms with Crippen LogP contribution in [0.3, 0.4) is 0 Å². The van der Waals surface area contributed by atoms with Crippen LogP contribution in [0.25, 0.3) is 22.2 Å². The lowest BCUT2D eigenvalue weighted by Gasteiger charge is -2.20. The second-order valence-electron chi connectivity index (χ2n) is 7.21. The van der Waals surface area contributed by atoms with Crippen molar-refractivity contribution in [3.8, 4) is 22.6 Å². The Morgan fingerprint density at radius 1 is 1.17 bits per heavy atom. The lowest BCUT2D eigenvalue weighted by Crippen LogP contribution is -2.19. The topological polar surface area (TPSA) is 105 Å². The molecule has 1 aliphatic rings. The number of carbonyl (C=O) groups excluding carboxylic acids is 1. The number of hydrogen-bond acceptors (Lipinski definition) is 7. The number of rotatable bonds is 4. The van der Waals surface area contributed by atoms with Gasteiger partial charge in [0.1, 0.15) is 0 Å². The molecular formula is C21H21N3O4S. The second-order valence-corrected chi connectivity index (χ2v) is 8.77. The van der Waals surface area contributed by atoms with E-state index in [9.17, 15) is 14.7 Å². The van der Waals surface area contributed by atoms with Gasteiger partial charge < -0.3 is 14.8 Å². The van der Waals surface area contributed by atoms with E-state index in [1.54, 1.807) is 12.1 Å². The number of phenolic OH excluding ortho intramolecular Hbond substituents is 1. The second kappa shape index (κ2) is 7.51. The molecule has 0 bridgehead atoms. The minimum Gasteiger partial charge on any atom is -0.504 e. The predicted molar refractivity (Wildman–Crippen MR) is 112 cm³/mol. The van der Waals surface area contributed by atoms with E-state index in [0.717, 1.165) is 6.42 Å². The summed E-state index contributed by atoms with van der Waals surface area (Å²) in [6.07, 6.45) is 1.79. The van der Waals surface area contributed by atoms with Crippen LogP contribution in [0.2, 0.25) is 0 Å². The summed E-state index contributed by atoms with van der Waals surface area (Å²) in [5, 5.41) is 11.0. The molecule has 2 heterocycles. The van der Waals surface area contributed by atoms with Gasteiger partial charge in [0.25, 0.3) is 5.56 Å². The van der Waals surface area contributed by atoms with Crippen LogP contribution in [0.5, 0.6) is 11.5 Å². The first-order valence-electron chi connectivity index (χ1n) is 9.43. The molecule has 2 aromatic heterocycles. The summed E-state index contributed by atoms with van der Waals surface area (Å²) in [7, 11) is 1.45. The molecule has 0 saturated carbocycles. The highest BCUT2D eigenvalue weighted by atomic mass is 32.2. The molecule has 0 amide bonds. The Bertz CT molecular complexity index is 1190. The number of ketones is 1. The number of Topliss-reactive ketones (excluding diaryl/α,β-unsaturated/α-hetero) is 1. The van der Waals surface area contributed by atoms with E-state index in [1.165, 1.54) is 24.9 Å². The molecule has 4 rings (SSSR count). The van der Waals surface area contributed by atoms with Gasteiger partial charge >= 0.3 is 0 Å². The molecule has 0 saturated heterocycles. The fourth-order valence-electron chi connectivity index (χ4n) is 3.62. The zero-order valence-corrected chi connectivity index (χ0v) is 17.2. The van der Waals surface area contributed by atoms with E-state index < -0.39 is 0 Å². The smallest absolute Gasteiger partial charge is 0.261 e. The number of aryl methyl sites for hydroxylation is 1. The normalized spacial score (nSPS) is 13.7. The number of methoxy groups -OCH3 is 1. The Hall–Kier alpha value is -2.87. The van der Waals surface area contributed by atoms with E-state index in [0.29, 0.717) is 46.0 Å². The zero-order valence-electron chi connectivity index (χ0n) is 16.4. The number of nitrogens with zero attached hydrogens (tertiary/aromatic N) is 2. The van der Waals surface area contributed by atoms with Crippen molar-refractivity contribution in [1.29, 1.82) is 0 Å². The van der Waals surface area contributed by atoms with Crippen molar-refractivity contribution in [3.63, 3.8) is 0 Å². The minimum atomic E-state index is -0.339. The quantitative estimate of drug-likeness (QED) is 0.498. The number of pyridine rings is 1. The molecule has 8 heteroatoms. The Kier molecular flexibility index (Phi) is 5.04. The maximum atomic E-state index is 13.0. The maximum absolute atomic E-state index is 13.0. The molecule has 0 unspecified atom stereocenters. The van der Waals surface area contributed by atoms with Gasteiger partial charge in [0.15, 0.2) is 28.1 Å². The molecule has 0 radical (unpaired) electrons. The number of aromatic hydroxyl groups is 1. The maximum Gasteiger partial charge on any atom is 0.261 e. The van der Waals surface area contributed by atoms with Gasteiger partial charge in [-0.05, 0) is 30.5 Å². The SMILES string of the molecule is COc1cc(-c2c3c(nc4nc(SC(C)C)[nH]c(=O)c24)CCCC3=O)ccc1O. The van der Waals surface area contributed by atoms with Crippen LogP contribution in [0, 0.1) is 0 Å². The summed E-state index contributed by atoms with van der Waals surface area (Å²) in [5.41, 5.74) is 2.22. The number of thioether (sulfide) groups is 1. The van der Waals surface area contributed by atoms with Gasteiger partial charge in [0, 0.05) is 22.8 Å². The Morgan fingerprint density at radius 3 is 2.69 bits per heavy atom. The highest BCUT2D eigenvalue weighted by Gasteiger charge is 2.27. The van der Waals surface area contributed by atoms with Crippen molar-refractivity contribution < 1.29 is 14.6 Å². The molecule has 3 aromatic rings. The lowest BCUT2D eigenvalue weighted by atomic mass is 9.86. The number of fused-ring (bicyclic) bond motifs is 2. The zero-order chi connectivity index (χ0) is 20.7. The molecule has 29 heavy (non-hydrogen) atoms. The first-order valence-corrected chi connectivity index (χ1v) is 10.3. The number of H-pyrrole nitrogens is 1. The molecule has 1 aromatic carbocycles. The molecule has 0 fully saturated rings. The first-order chi connectivity index (χ1) is 13.9. The molecule has 0 aliphatic heterocycles. The van der Waals surface area contributed by atoms with E-state index in [2.05, 4.69) is 15.0 Å². The number of nitrogens with one attached hydrogen (secondary N) is 1. The van der Waals surface area contributed by atoms with E-state index in [-0.39, 0.29) is 33.5 Å². The standard InChI is InChI=1S/C21H21N3O4S/c1-10(2)29-21-23-19-18(20(27)24-21)16(11-7-8-13(25)15(9-11)28-3)17-12(22-19)5-4-6-14(17)26/h7-10,25H,4-6H2,1-3H3,(H,22,23,24,27). The van der Waals surface area contributed by atoms with Crippen molar-refractivity contribution in [1.82, 2.24) is 15.0 Å². The van der Waals surface area contributed by atoms with Gasteiger partial charge in [0.05, 0.1) is 18.2 Å². The summed E-state index contributed by atoms with van der Waals surface area (Å²) >= 11 is 1.45. The third kappa shape index (κ3) is 3.48. The summed E-state index contributed by atoms with van der Waals surface area (Å²) in [4.78, 5) is 37.8. The van der Waals surface area contributed by atoms with Crippen LogP contribution < -0.4 is 10.3 Å². The fraction of sp³-hybridized carbons (Fsp3) is 0.333. The van der Waals surface area contributed by atoms with Gasteiger partial charge in [-0.2, -0.15) is 0 Å². The molecular weight excluding hydrogens is 390 g/mol. The van der Waals surface area contributed by atoms with Crippen molar-refractivity contribution in [2.24, 2.45) is 0 Å². The van der Waals surface area contributed by atoms with Crippen molar-refractivity contribution in [3.05, 3.63) is 39.8 Å². The van der Waals surface area contributed by atoms with Crippen LogP contribution >= 0.6 is 11.8 Å². The Morgan fingerprint density at radius 2 is 1.97 bits per heavy atom. The van der Waals surface area contributed by atoms with Gasteiger partial charge in [-0.1, -0.05) is 31.7 Å². The molecule has 2 N–H and O–H groups in total. The molecule has 150 valence electrons. The number of phenols is 1.